The Balaban J connectivity index is 2.46. The van der Waals surface area contributed by atoms with Crippen molar-refractivity contribution in [3.05, 3.63) is 0 Å². The van der Waals surface area contributed by atoms with Crippen molar-refractivity contribution in [1.82, 2.24) is 15.1 Å². The zero-order chi connectivity index (χ0) is 11.4. The van der Waals surface area contributed by atoms with Gasteiger partial charge in [-0.25, -0.2) is 0 Å². The molecule has 4 heteroatoms. The third-order valence-electron chi connectivity index (χ3n) is 3.17. The molecule has 88 valence electrons. The van der Waals surface area contributed by atoms with Gasteiger partial charge in [0.25, 0.3) is 0 Å². The van der Waals surface area contributed by atoms with Gasteiger partial charge in [-0.05, 0) is 26.9 Å². The summed E-state index contributed by atoms with van der Waals surface area (Å²) in [6.07, 6.45) is 0. The molecular formula is C11H23N3O. The van der Waals surface area contributed by atoms with Crippen LogP contribution in [0.25, 0.3) is 0 Å². The second-order valence-corrected chi connectivity index (χ2v) is 4.23. The van der Waals surface area contributed by atoms with Crippen LogP contribution in [0.5, 0.6) is 0 Å². The van der Waals surface area contributed by atoms with Gasteiger partial charge in [-0.3, -0.25) is 10.1 Å². The molecule has 1 rings (SSSR count). The van der Waals surface area contributed by atoms with Crippen LogP contribution in [0.1, 0.15) is 27.7 Å². The Morgan fingerprint density at radius 2 is 2.13 bits per heavy atom. The monoisotopic (exact) mass is 213 g/mol. The summed E-state index contributed by atoms with van der Waals surface area (Å²) in [6, 6.07) is 0.291. The smallest absolute Gasteiger partial charge is 0.240 e. The van der Waals surface area contributed by atoms with Gasteiger partial charge in [-0.1, -0.05) is 13.8 Å². The third-order valence-corrected chi connectivity index (χ3v) is 3.17. The predicted octanol–water partition coefficient (Wildman–Crippen LogP) is 0.494. The van der Waals surface area contributed by atoms with Gasteiger partial charge in [0, 0.05) is 12.6 Å². The molecule has 4 nitrogen and oxygen atoms in total. The second-order valence-electron chi connectivity index (χ2n) is 4.23. The van der Waals surface area contributed by atoms with Crippen LogP contribution >= 0.6 is 0 Å². The van der Waals surface area contributed by atoms with Crippen LogP contribution < -0.4 is 5.32 Å². The lowest BCUT2D eigenvalue weighted by Gasteiger charge is -2.29. The molecule has 0 aromatic rings. The van der Waals surface area contributed by atoms with Gasteiger partial charge in [-0.15, -0.1) is 0 Å². The van der Waals surface area contributed by atoms with Gasteiger partial charge in [0.1, 0.15) is 0 Å². The molecule has 2 unspecified atom stereocenters. The molecular weight excluding hydrogens is 190 g/mol. The molecule has 15 heavy (non-hydrogen) atoms. The molecule has 1 heterocycles. The highest BCUT2D eigenvalue weighted by atomic mass is 16.2. The van der Waals surface area contributed by atoms with Crippen molar-refractivity contribution in [1.29, 1.82) is 0 Å². The van der Waals surface area contributed by atoms with Gasteiger partial charge in [-0.2, -0.15) is 0 Å². The van der Waals surface area contributed by atoms with E-state index < -0.39 is 0 Å². The minimum Gasteiger partial charge on any atom is -0.325 e. The van der Waals surface area contributed by atoms with E-state index in [-0.39, 0.29) is 11.9 Å². The summed E-state index contributed by atoms with van der Waals surface area (Å²) in [5, 5.41) is 3.17. The van der Waals surface area contributed by atoms with E-state index >= 15 is 0 Å². The summed E-state index contributed by atoms with van der Waals surface area (Å²) in [5.41, 5.74) is 0. The lowest BCUT2D eigenvalue weighted by atomic mass is 10.2. The number of hydrogen-bond donors (Lipinski definition) is 1. The van der Waals surface area contributed by atoms with Crippen molar-refractivity contribution in [2.24, 2.45) is 0 Å². The maximum atomic E-state index is 11.7. The molecule has 1 aliphatic rings. The number of rotatable bonds is 5. The molecule has 0 saturated carbocycles. The summed E-state index contributed by atoms with van der Waals surface area (Å²) in [7, 11) is 0. The molecule has 0 aliphatic carbocycles. The van der Waals surface area contributed by atoms with Gasteiger partial charge in [0.2, 0.25) is 5.91 Å². The number of amides is 1. The molecule has 0 bridgehead atoms. The molecule has 0 spiro atoms. The van der Waals surface area contributed by atoms with Crippen LogP contribution in [0.15, 0.2) is 0 Å². The summed E-state index contributed by atoms with van der Waals surface area (Å²) in [5.74, 6) is 0.231. The summed E-state index contributed by atoms with van der Waals surface area (Å²) in [4.78, 5) is 16.0. The van der Waals surface area contributed by atoms with Crippen LogP contribution in [-0.4, -0.2) is 54.1 Å². The summed E-state index contributed by atoms with van der Waals surface area (Å²) < 4.78 is 0. The van der Waals surface area contributed by atoms with Gasteiger partial charge >= 0.3 is 0 Å². The van der Waals surface area contributed by atoms with Crippen LogP contribution in [-0.2, 0) is 4.79 Å². The molecule has 2 atom stereocenters. The second kappa shape index (κ2) is 5.47. The highest BCUT2D eigenvalue weighted by Gasteiger charge is 2.30. The fraction of sp³-hybridized carbons (Fsp3) is 0.909. The van der Waals surface area contributed by atoms with E-state index in [4.69, 9.17) is 0 Å². The van der Waals surface area contributed by atoms with Crippen molar-refractivity contribution in [3.63, 3.8) is 0 Å². The Morgan fingerprint density at radius 3 is 2.53 bits per heavy atom. The lowest BCUT2D eigenvalue weighted by Crippen LogP contribution is -2.44. The number of likely N-dealkylation sites (N-methyl/N-ethyl adjacent to an activating group) is 1. The molecule has 1 N–H and O–H groups in total. The van der Waals surface area contributed by atoms with Crippen molar-refractivity contribution in [3.8, 4) is 0 Å². The van der Waals surface area contributed by atoms with Crippen LogP contribution in [0.4, 0.5) is 0 Å². The largest absolute Gasteiger partial charge is 0.325 e. The summed E-state index contributed by atoms with van der Waals surface area (Å²) in [6.45, 7) is 12.1. The number of hydrogen-bond acceptors (Lipinski definition) is 3. The van der Waals surface area contributed by atoms with Crippen molar-refractivity contribution >= 4 is 5.91 Å². The average Bonchev–Trinajstić information content (AvgIpc) is 2.56. The van der Waals surface area contributed by atoms with Crippen molar-refractivity contribution in [2.45, 2.75) is 39.8 Å². The van der Waals surface area contributed by atoms with E-state index in [0.717, 1.165) is 19.6 Å². The summed E-state index contributed by atoms with van der Waals surface area (Å²) >= 11 is 0. The van der Waals surface area contributed by atoms with Gasteiger partial charge < -0.3 is 9.80 Å². The number of carbonyl (C=O) groups excluding carboxylic acids is 1. The van der Waals surface area contributed by atoms with E-state index in [9.17, 15) is 4.79 Å². The maximum absolute atomic E-state index is 11.7. The molecule has 1 amide bonds. The Morgan fingerprint density at radius 1 is 1.53 bits per heavy atom. The van der Waals surface area contributed by atoms with Gasteiger partial charge in [0.05, 0.1) is 12.7 Å². The number of carbonyl (C=O) groups is 1. The molecule has 1 fully saturated rings. The van der Waals surface area contributed by atoms with Crippen molar-refractivity contribution in [2.75, 3.05) is 26.3 Å². The van der Waals surface area contributed by atoms with E-state index in [2.05, 4.69) is 31.0 Å². The highest BCUT2D eigenvalue weighted by molar-refractivity contribution is 5.83. The quantitative estimate of drug-likeness (QED) is 0.722. The lowest BCUT2D eigenvalue weighted by molar-refractivity contribution is -0.130. The fourth-order valence-electron chi connectivity index (χ4n) is 1.98. The van der Waals surface area contributed by atoms with Crippen LogP contribution in [0.3, 0.4) is 0 Å². The molecule has 1 aliphatic heterocycles. The van der Waals surface area contributed by atoms with Crippen molar-refractivity contribution < 1.29 is 4.79 Å². The molecule has 1 saturated heterocycles. The standard InChI is InChI=1S/C11H23N3O/c1-5-13(6-2)7-9(3)14-8-12-10(4)11(14)15/h9-10,12H,5-8H2,1-4H3. The Hall–Kier alpha value is -0.610. The third kappa shape index (κ3) is 2.92. The Kier molecular flexibility index (Phi) is 4.54. The minimum absolute atomic E-state index is 0.0100. The number of nitrogens with one attached hydrogen (secondary N) is 1. The topological polar surface area (TPSA) is 35.6 Å². The first-order chi connectivity index (χ1) is 7.10. The molecule has 0 radical (unpaired) electrons. The normalized spacial score (nSPS) is 23.9. The fourth-order valence-corrected chi connectivity index (χ4v) is 1.98. The first-order valence-electron chi connectivity index (χ1n) is 5.86. The van der Waals surface area contributed by atoms with E-state index in [1.807, 2.05) is 11.8 Å². The average molecular weight is 213 g/mol. The first kappa shape index (κ1) is 12.5. The first-order valence-corrected chi connectivity index (χ1v) is 5.86. The maximum Gasteiger partial charge on any atom is 0.240 e. The van der Waals surface area contributed by atoms with E-state index in [0.29, 0.717) is 12.7 Å². The molecule has 0 aromatic carbocycles. The highest BCUT2D eigenvalue weighted by Crippen LogP contribution is 2.09. The number of nitrogens with zero attached hydrogens (tertiary/aromatic N) is 2. The van der Waals surface area contributed by atoms with Crippen LogP contribution in [0.2, 0.25) is 0 Å². The van der Waals surface area contributed by atoms with Crippen LogP contribution in [0, 0.1) is 0 Å². The SMILES string of the molecule is CCN(CC)CC(C)N1CNC(C)C1=O. The zero-order valence-electron chi connectivity index (χ0n) is 10.3. The van der Waals surface area contributed by atoms with E-state index in [1.165, 1.54) is 0 Å². The van der Waals surface area contributed by atoms with E-state index in [1.54, 1.807) is 0 Å². The predicted molar refractivity (Wildman–Crippen MR) is 61.6 cm³/mol. The Bertz CT molecular complexity index is 216. The zero-order valence-corrected chi connectivity index (χ0v) is 10.3. The minimum atomic E-state index is -0.0100. The van der Waals surface area contributed by atoms with Gasteiger partial charge in [0.15, 0.2) is 0 Å². The Labute approximate surface area is 92.6 Å². The molecule has 0 aromatic heterocycles.